The number of aliphatic hydroxyl groups is 1. The third-order valence-electron chi connectivity index (χ3n) is 9.91. The van der Waals surface area contributed by atoms with Crippen LogP contribution >= 0.6 is 0 Å². The van der Waals surface area contributed by atoms with E-state index >= 15 is 0 Å². The van der Waals surface area contributed by atoms with Gasteiger partial charge in [-0.25, -0.2) is 0 Å². The predicted octanol–water partition coefficient (Wildman–Crippen LogP) is 4.18. The highest BCUT2D eigenvalue weighted by molar-refractivity contribution is 5.15. The van der Waals surface area contributed by atoms with E-state index in [2.05, 4.69) is 28.9 Å². The summed E-state index contributed by atoms with van der Waals surface area (Å²) in [5, 5.41) is 23.6. The van der Waals surface area contributed by atoms with Crippen LogP contribution < -0.4 is 0 Å². The summed E-state index contributed by atoms with van der Waals surface area (Å²) in [5.74, 6) is 5.33. The summed E-state index contributed by atoms with van der Waals surface area (Å²) in [7, 11) is 1.72. The summed E-state index contributed by atoms with van der Waals surface area (Å²) in [5.41, 5.74) is 1.07. The molecule has 0 unspecified atom stereocenters. The van der Waals surface area contributed by atoms with E-state index in [0.717, 1.165) is 42.3 Å². The second kappa shape index (κ2) is 7.95. The van der Waals surface area contributed by atoms with Gasteiger partial charge in [0.15, 0.2) is 5.82 Å². The number of hydrogen-bond donors (Lipinski definition) is 1. The van der Waals surface area contributed by atoms with E-state index < -0.39 is 5.60 Å². The highest BCUT2D eigenvalue weighted by atomic mass is 16.5. The van der Waals surface area contributed by atoms with Crippen LogP contribution in [-0.4, -0.2) is 44.6 Å². The zero-order valence-electron chi connectivity index (χ0n) is 19.6. The Morgan fingerprint density at radius 1 is 1.13 bits per heavy atom. The second-order valence-electron chi connectivity index (χ2n) is 11.5. The van der Waals surface area contributed by atoms with Crippen molar-refractivity contribution in [3.63, 3.8) is 0 Å². The molecule has 4 aliphatic carbocycles. The third-order valence-corrected chi connectivity index (χ3v) is 9.91. The number of methoxy groups -OCH3 is 1. The molecular weight excluding hydrogens is 388 g/mol. The van der Waals surface area contributed by atoms with Crippen molar-refractivity contribution in [2.45, 2.75) is 83.8 Å². The Balaban J connectivity index is 1.28. The number of rotatable bonds is 5. The number of fused-ring (bicyclic) bond motifs is 5. The van der Waals surface area contributed by atoms with Crippen molar-refractivity contribution in [1.82, 2.24) is 20.2 Å². The minimum atomic E-state index is -0.587. The zero-order valence-corrected chi connectivity index (χ0v) is 19.6. The molecule has 0 aliphatic heterocycles. The van der Waals surface area contributed by atoms with Crippen LogP contribution in [0.4, 0.5) is 0 Å². The molecule has 0 spiro atoms. The highest BCUT2D eigenvalue weighted by Gasteiger charge is 2.58. The molecule has 0 radical (unpaired) electrons. The molecular formula is C25H40N4O2. The summed E-state index contributed by atoms with van der Waals surface area (Å²) in [6.45, 7) is 10.2. The lowest BCUT2D eigenvalue weighted by molar-refractivity contribution is -0.123. The normalized spacial score (nSPS) is 44.4. The summed E-state index contributed by atoms with van der Waals surface area (Å²) < 4.78 is 5.35. The second-order valence-corrected chi connectivity index (χ2v) is 11.5. The van der Waals surface area contributed by atoms with E-state index in [9.17, 15) is 5.11 Å². The largest absolute Gasteiger partial charge is 0.387 e. The zero-order chi connectivity index (χ0) is 21.8. The van der Waals surface area contributed by atoms with Crippen molar-refractivity contribution in [2.24, 2.45) is 40.9 Å². The molecule has 0 amide bonds. The summed E-state index contributed by atoms with van der Waals surface area (Å²) in [6, 6.07) is 0. The Hall–Kier alpha value is -1.27. The van der Waals surface area contributed by atoms with Crippen LogP contribution in [0.1, 0.15) is 70.5 Å². The molecule has 8 atom stereocenters. The van der Waals surface area contributed by atoms with Gasteiger partial charge in [0.05, 0.1) is 18.8 Å². The molecule has 4 aliphatic rings. The molecule has 31 heavy (non-hydrogen) atoms. The molecule has 1 N–H and O–H groups in total. The number of nitrogens with zero attached hydrogens (tertiary/aromatic N) is 4. The van der Waals surface area contributed by atoms with Gasteiger partial charge in [-0.05, 0) is 111 Å². The lowest BCUT2D eigenvalue weighted by Gasteiger charge is -2.57. The fourth-order valence-corrected chi connectivity index (χ4v) is 8.72. The maximum Gasteiger partial charge on any atom is 0.171 e. The quantitative estimate of drug-likeness (QED) is 0.712. The van der Waals surface area contributed by atoms with E-state index in [1.165, 1.54) is 50.5 Å². The van der Waals surface area contributed by atoms with Crippen molar-refractivity contribution in [3.8, 4) is 0 Å². The number of ether oxygens (including phenoxy) is 1. The van der Waals surface area contributed by atoms with Gasteiger partial charge in [-0.1, -0.05) is 19.1 Å². The maximum absolute atomic E-state index is 11.0. The van der Waals surface area contributed by atoms with Crippen molar-refractivity contribution < 1.29 is 9.84 Å². The van der Waals surface area contributed by atoms with Crippen LogP contribution in [0.25, 0.3) is 0 Å². The minimum Gasteiger partial charge on any atom is -0.387 e. The Kier molecular flexibility index (Phi) is 5.53. The SMILES string of the molecule is C=C(Cn1nnc(C)n1)[C@H]1CC[C@H]2[C@@H]3CC[C@H]4C[C@@](O)(COC)CC[C@@H]4[C@H]3CC[C@]12C. The van der Waals surface area contributed by atoms with Crippen LogP contribution in [0.15, 0.2) is 12.2 Å². The van der Waals surface area contributed by atoms with E-state index in [1.807, 2.05) is 6.92 Å². The standard InChI is InChI=1S/C25H40N4O2/c1-16(14-29-27-17(2)26-28-29)22-7-8-23-21-6-5-18-13-25(30,15-31-4)12-10-19(18)20(21)9-11-24(22,23)3/h18-23,30H,1,5-15H2,2-4H3/t18-,19-,20+,21+,22+,23-,24+,25+/m0/s1. The van der Waals surface area contributed by atoms with Gasteiger partial charge < -0.3 is 9.84 Å². The van der Waals surface area contributed by atoms with Gasteiger partial charge in [-0.15, -0.1) is 10.2 Å². The Morgan fingerprint density at radius 2 is 1.94 bits per heavy atom. The number of aryl methyl sites for hydroxylation is 1. The minimum absolute atomic E-state index is 0.367. The number of tetrazole rings is 1. The number of hydrogen-bond acceptors (Lipinski definition) is 5. The first-order valence-corrected chi connectivity index (χ1v) is 12.5. The third kappa shape index (κ3) is 3.68. The van der Waals surface area contributed by atoms with Gasteiger partial charge in [0.1, 0.15) is 0 Å². The predicted molar refractivity (Wildman–Crippen MR) is 119 cm³/mol. The van der Waals surface area contributed by atoms with Crippen LogP contribution in [0, 0.1) is 47.8 Å². The van der Waals surface area contributed by atoms with Gasteiger partial charge >= 0.3 is 0 Å². The van der Waals surface area contributed by atoms with Crippen molar-refractivity contribution in [3.05, 3.63) is 18.0 Å². The van der Waals surface area contributed by atoms with Crippen LogP contribution in [0.3, 0.4) is 0 Å². The van der Waals surface area contributed by atoms with Crippen LogP contribution in [0.2, 0.25) is 0 Å². The maximum atomic E-state index is 11.0. The van der Waals surface area contributed by atoms with Crippen LogP contribution in [0.5, 0.6) is 0 Å². The molecule has 4 saturated carbocycles. The molecule has 4 fully saturated rings. The molecule has 1 aromatic rings. The van der Waals surface area contributed by atoms with E-state index in [1.54, 1.807) is 11.9 Å². The van der Waals surface area contributed by atoms with Gasteiger partial charge in [-0.3, -0.25) is 0 Å². The van der Waals surface area contributed by atoms with E-state index in [-0.39, 0.29) is 0 Å². The summed E-state index contributed by atoms with van der Waals surface area (Å²) >= 11 is 0. The topological polar surface area (TPSA) is 73.1 Å². The number of aromatic nitrogens is 4. The molecule has 6 nitrogen and oxygen atoms in total. The van der Waals surface area contributed by atoms with Gasteiger partial charge in [-0.2, -0.15) is 4.80 Å². The summed E-state index contributed by atoms with van der Waals surface area (Å²) in [4.78, 5) is 1.72. The number of allylic oxidation sites excluding steroid dienone is 1. The Labute approximate surface area is 186 Å². The van der Waals surface area contributed by atoms with Crippen molar-refractivity contribution in [2.75, 3.05) is 13.7 Å². The molecule has 0 aromatic carbocycles. The lowest BCUT2D eigenvalue weighted by Crippen LogP contribution is -2.52. The fraction of sp³-hybridized carbons (Fsp3) is 0.880. The first-order valence-electron chi connectivity index (χ1n) is 12.5. The monoisotopic (exact) mass is 428 g/mol. The first-order chi connectivity index (χ1) is 14.8. The molecule has 1 heterocycles. The summed E-state index contributed by atoms with van der Waals surface area (Å²) in [6.07, 6.45) is 11.0. The first kappa shape index (κ1) is 21.6. The molecule has 1 aromatic heterocycles. The average Bonchev–Trinajstić information content (AvgIpc) is 3.29. The molecule has 172 valence electrons. The smallest absolute Gasteiger partial charge is 0.171 e. The van der Waals surface area contributed by atoms with Gasteiger partial charge in [0, 0.05) is 7.11 Å². The Morgan fingerprint density at radius 3 is 2.68 bits per heavy atom. The van der Waals surface area contributed by atoms with Gasteiger partial charge in [0.2, 0.25) is 0 Å². The average molecular weight is 429 g/mol. The lowest BCUT2D eigenvalue weighted by atomic mass is 9.48. The Bertz CT molecular complexity index is 824. The van der Waals surface area contributed by atoms with Gasteiger partial charge in [0.25, 0.3) is 0 Å². The van der Waals surface area contributed by atoms with Crippen molar-refractivity contribution >= 4 is 0 Å². The van der Waals surface area contributed by atoms with Crippen molar-refractivity contribution in [1.29, 1.82) is 0 Å². The molecule has 5 rings (SSSR count). The molecule has 0 saturated heterocycles. The molecule has 0 bridgehead atoms. The van der Waals surface area contributed by atoms with E-state index in [0.29, 0.717) is 30.4 Å². The van der Waals surface area contributed by atoms with E-state index in [4.69, 9.17) is 4.74 Å². The van der Waals surface area contributed by atoms with Crippen LogP contribution in [-0.2, 0) is 11.3 Å². The molecule has 6 heteroatoms. The highest BCUT2D eigenvalue weighted by Crippen LogP contribution is 2.65. The fourth-order valence-electron chi connectivity index (χ4n) is 8.72.